The highest BCUT2D eigenvalue weighted by atomic mass is 79.9. The second kappa shape index (κ2) is 3.26. The molecule has 0 aliphatic rings. The Morgan fingerprint density at radius 1 is 1.46 bits per heavy atom. The zero-order valence-electron chi connectivity index (χ0n) is 6.71. The van der Waals surface area contributed by atoms with Gasteiger partial charge >= 0.3 is 0 Å². The summed E-state index contributed by atoms with van der Waals surface area (Å²) in [6.45, 7) is 0. The Morgan fingerprint density at radius 3 is 2.46 bits per heavy atom. The molecule has 13 heavy (non-hydrogen) atoms. The lowest BCUT2D eigenvalue weighted by atomic mass is 10.3. The molecule has 0 bridgehead atoms. The van der Waals surface area contributed by atoms with Crippen molar-refractivity contribution >= 4 is 31.5 Å². The molecule has 1 rings (SSSR count). The predicted octanol–water partition coefficient (Wildman–Crippen LogP) is 1.57. The minimum atomic E-state index is -3.56. The topological polar surface area (TPSA) is 60.2 Å². The summed E-state index contributed by atoms with van der Waals surface area (Å²) >= 11 is 2.87. The first-order valence-corrected chi connectivity index (χ1v) is 5.95. The van der Waals surface area contributed by atoms with Crippen LogP contribution in [0, 0.1) is 5.82 Å². The maximum absolute atomic E-state index is 13.2. The summed E-state index contributed by atoms with van der Waals surface area (Å²) in [5.41, 5.74) is 5.57. The van der Waals surface area contributed by atoms with Gasteiger partial charge in [0, 0.05) is 11.9 Å². The molecule has 0 amide bonds. The van der Waals surface area contributed by atoms with Gasteiger partial charge in [-0.25, -0.2) is 12.8 Å². The molecule has 0 fully saturated rings. The van der Waals surface area contributed by atoms with E-state index >= 15 is 0 Å². The summed E-state index contributed by atoms with van der Waals surface area (Å²) < 4.78 is 35.3. The lowest BCUT2D eigenvalue weighted by molar-refractivity contribution is 0.567. The molecule has 0 saturated heterocycles. The van der Waals surface area contributed by atoms with Gasteiger partial charge in [0.2, 0.25) is 0 Å². The van der Waals surface area contributed by atoms with Crippen molar-refractivity contribution < 1.29 is 12.8 Å². The predicted molar refractivity (Wildman–Crippen MR) is 51.6 cm³/mol. The van der Waals surface area contributed by atoms with Crippen molar-refractivity contribution in [2.75, 3.05) is 12.0 Å². The van der Waals surface area contributed by atoms with E-state index < -0.39 is 15.7 Å². The lowest BCUT2D eigenvalue weighted by Crippen LogP contribution is -2.02. The van der Waals surface area contributed by atoms with Gasteiger partial charge in [-0.3, -0.25) is 0 Å². The molecule has 0 radical (unpaired) electrons. The van der Waals surface area contributed by atoms with Crippen LogP contribution in [0.1, 0.15) is 0 Å². The van der Waals surface area contributed by atoms with Crippen LogP contribution in [0.15, 0.2) is 21.5 Å². The molecule has 0 heterocycles. The van der Waals surface area contributed by atoms with Crippen LogP contribution < -0.4 is 5.73 Å². The van der Waals surface area contributed by atoms with E-state index in [1.807, 2.05) is 0 Å². The van der Waals surface area contributed by atoms with Gasteiger partial charge in [-0.05, 0) is 28.1 Å². The van der Waals surface area contributed by atoms with Gasteiger partial charge in [0.15, 0.2) is 15.7 Å². The van der Waals surface area contributed by atoms with E-state index in [0.717, 1.165) is 12.3 Å². The molecular weight excluding hydrogens is 261 g/mol. The van der Waals surface area contributed by atoms with Crippen LogP contribution in [0.4, 0.5) is 10.1 Å². The van der Waals surface area contributed by atoms with Gasteiger partial charge in [-0.15, -0.1) is 0 Å². The van der Waals surface area contributed by atoms with Crippen molar-refractivity contribution in [1.82, 2.24) is 0 Å². The molecular formula is C7H7BrFNO2S. The molecule has 0 aliphatic carbocycles. The standard InChI is InChI=1S/C7H7BrFNO2S/c1-13(11,12)6-3-4(10)2-5(8)7(6)9/h2-3H,10H2,1H3. The number of hydrogen-bond donors (Lipinski definition) is 1. The first-order valence-electron chi connectivity index (χ1n) is 3.27. The minimum Gasteiger partial charge on any atom is -0.399 e. The number of rotatable bonds is 1. The molecule has 6 heteroatoms. The number of nitrogens with two attached hydrogens (primary N) is 1. The van der Waals surface area contributed by atoms with E-state index in [2.05, 4.69) is 15.9 Å². The first-order chi connectivity index (χ1) is 5.82. The zero-order chi connectivity index (χ0) is 10.2. The largest absolute Gasteiger partial charge is 0.399 e. The normalized spacial score (nSPS) is 11.6. The van der Waals surface area contributed by atoms with E-state index in [9.17, 15) is 12.8 Å². The Hall–Kier alpha value is -0.620. The fraction of sp³-hybridized carbons (Fsp3) is 0.143. The van der Waals surface area contributed by atoms with Crippen LogP contribution in [0.25, 0.3) is 0 Å². The highest BCUT2D eigenvalue weighted by Crippen LogP contribution is 2.25. The van der Waals surface area contributed by atoms with Gasteiger partial charge in [-0.1, -0.05) is 0 Å². The number of benzene rings is 1. The quantitative estimate of drug-likeness (QED) is 0.786. The zero-order valence-corrected chi connectivity index (χ0v) is 9.12. The fourth-order valence-corrected chi connectivity index (χ4v) is 2.25. The van der Waals surface area contributed by atoms with Crippen LogP contribution in [0.5, 0.6) is 0 Å². The first kappa shape index (κ1) is 10.5. The molecule has 1 aromatic rings. The molecule has 0 aromatic heterocycles. The molecule has 2 N–H and O–H groups in total. The maximum atomic E-state index is 13.2. The third-order valence-electron chi connectivity index (χ3n) is 1.42. The summed E-state index contributed by atoms with van der Waals surface area (Å²) in [5, 5.41) is 0. The van der Waals surface area contributed by atoms with Gasteiger partial charge in [0.1, 0.15) is 4.90 Å². The molecule has 0 aliphatic heterocycles. The van der Waals surface area contributed by atoms with Crippen LogP contribution in [-0.2, 0) is 9.84 Å². The maximum Gasteiger partial charge on any atom is 0.178 e. The SMILES string of the molecule is CS(=O)(=O)c1cc(N)cc(Br)c1F. The van der Waals surface area contributed by atoms with E-state index in [1.54, 1.807) is 0 Å². The van der Waals surface area contributed by atoms with Crippen LogP contribution in [0.3, 0.4) is 0 Å². The Balaban J connectivity index is 3.56. The van der Waals surface area contributed by atoms with Gasteiger partial charge in [0.05, 0.1) is 4.47 Å². The van der Waals surface area contributed by atoms with Crippen molar-refractivity contribution in [3.63, 3.8) is 0 Å². The van der Waals surface area contributed by atoms with E-state index in [-0.39, 0.29) is 15.1 Å². The van der Waals surface area contributed by atoms with Crippen LogP contribution in [0.2, 0.25) is 0 Å². The number of anilines is 1. The monoisotopic (exact) mass is 267 g/mol. The van der Waals surface area contributed by atoms with E-state index in [1.165, 1.54) is 6.07 Å². The third-order valence-corrected chi connectivity index (χ3v) is 3.09. The highest BCUT2D eigenvalue weighted by Gasteiger charge is 2.16. The molecule has 0 unspecified atom stereocenters. The molecule has 1 aromatic carbocycles. The summed E-state index contributed by atoms with van der Waals surface area (Å²) in [5.74, 6) is -0.809. The van der Waals surface area contributed by atoms with Crippen molar-refractivity contribution in [3.8, 4) is 0 Å². The van der Waals surface area contributed by atoms with E-state index in [0.29, 0.717) is 0 Å². The third kappa shape index (κ3) is 2.19. The average molecular weight is 268 g/mol. The Bertz CT molecular complexity index is 444. The minimum absolute atomic E-state index is 0.0490. The average Bonchev–Trinajstić information content (AvgIpc) is 1.94. The van der Waals surface area contributed by atoms with Crippen molar-refractivity contribution in [2.45, 2.75) is 4.90 Å². The number of hydrogen-bond acceptors (Lipinski definition) is 3. The summed E-state index contributed by atoms with van der Waals surface area (Å²) in [4.78, 5) is -0.389. The Labute approximate surface area is 83.8 Å². The lowest BCUT2D eigenvalue weighted by Gasteiger charge is -2.03. The molecule has 0 saturated carbocycles. The summed E-state index contributed by atoms with van der Waals surface area (Å²) in [6.07, 6.45) is 0.928. The molecule has 72 valence electrons. The molecule has 0 spiro atoms. The van der Waals surface area contributed by atoms with Crippen molar-refractivity contribution in [2.24, 2.45) is 0 Å². The van der Waals surface area contributed by atoms with E-state index in [4.69, 9.17) is 5.73 Å². The number of halogens is 2. The van der Waals surface area contributed by atoms with Gasteiger partial charge in [0.25, 0.3) is 0 Å². The second-order valence-corrected chi connectivity index (χ2v) is 5.43. The van der Waals surface area contributed by atoms with Crippen molar-refractivity contribution in [3.05, 3.63) is 22.4 Å². The molecule has 0 atom stereocenters. The number of sulfone groups is 1. The Morgan fingerprint density at radius 2 is 2.00 bits per heavy atom. The van der Waals surface area contributed by atoms with Crippen molar-refractivity contribution in [1.29, 1.82) is 0 Å². The number of nitrogen functional groups attached to an aromatic ring is 1. The smallest absolute Gasteiger partial charge is 0.178 e. The summed E-state index contributed by atoms with van der Waals surface area (Å²) in [7, 11) is -3.56. The highest BCUT2D eigenvalue weighted by molar-refractivity contribution is 9.10. The molecule has 3 nitrogen and oxygen atoms in total. The fourth-order valence-electron chi connectivity index (χ4n) is 0.854. The Kier molecular flexibility index (Phi) is 2.63. The van der Waals surface area contributed by atoms with Crippen LogP contribution >= 0.6 is 15.9 Å². The van der Waals surface area contributed by atoms with Crippen LogP contribution in [-0.4, -0.2) is 14.7 Å². The van der Waals surface area contributed by atoms with Gasteiger partial charge < -0.3 is 5.73 Å². The second-order valence-electron chi connectivity index (χ2n) is 2.59. The summed E-state index contributed by atoms with van der Waals surface area (Å²) in [6, 6.07) is 2.40. The van der Waals surface area contributed by atoms with Gasteiger partial charge in [-0.2, -0.15) is 0 Å².